The van der Waals surface area contributed by atoms with Crippen LogP contribution in [-0.4, -0.2) is 32.3 Å². The number of carbonyl (C=O) groups is 1. The van der Waals surface area contributed by atoms with Crippen LogP contribution in [0.5, 0.6) is 0 Å². The Morgan fingerprint density at radius 1 is 1.19 bits per heavy atom. The van der Waals surface area contributed by atoms with Gasteiger partial charge in [-0.2, -0.15) is 0 Å². The molecule has 140 valence electrons. The van der Waals surface area contributed by atoms with Gasteiger partial charge in [0.15, 0.2) is 0 Å². The van der Waals surface area contributed by atoms with E-state index in [9.17, 15) is 13.2 Å². The molecule has 2 aromatic rings. The van der Waals surface area contributed by atoms with E-state index in [0.717, 1.165) is 5.56 Å². The van der Waals surface area contributed by atoms with Crippen LogP contribution in [0.25, 0.3) is 0 Å². The summed E-state index contributed by atoms with van der Waals surface area (Å²) in [6, 6.07) is 11.6. The third kappa shape index (κ3) is 4.84. The van der Waals surface area contributed by atoms with E-state index in [0.29, 0.717) is 22.7 Å². The summed E-state index contributed by atoms with van der Waals surface area (Å²) in [5.74, 6) is -0.260. The van der Waals surface area contributed by atoms with E-state index in [2.05, 4.69) is 4.72 Å². The molecule has 0 bridgehead atoms. The van der Waals surface area contributed by atoms with Gasteiger partial charge in [0.1, 0.15) is 0 Å². The Balaban J connectivity index is 2.31. The maximum absolute atomic E-state index is 12.9. The summed E-state index contributed by atoms with van der Waals surface area (Å²) >= 11 is 6.16. The standard InChI is InChI=1S/C19H23ClN2O3S/c1-13(2)21-26(24,25)16-10-9-14(3)17(11-16)19(23)22(4)12-15-7-5-6-8-18(15)20/h5-11,13,21H,12H2,1-4H3. The first-order valence-corrected chi connectivity index (χ1v) is 10.1. The molecular weight excluding hydrogens is 372 g/mol. The molecule has 0 aliphatic carbocycles. The topological polar surface area (TPSA) is 66.5 Å². The summed E-state index contributed by atoms with van der Waals surface area (Å²) < 4.78 is 27.3. The van der Waals surface area contributed by atoms with Crippen LogP contribution in [0.4, 0.5) is 0 Å². The number of nitrogens with one attached hydrogen (secondary N) is 1. The number of halogens is 1. The number of aryl methyl sites for hydroxylation is 1. The Morgan fingerprint density at radius 2 is 1.85 bits per heavy atom. The number of nitrogens with zero attached hydrogens (tertiary/aromatic N) is 1. The Kier molecular flexibility index (Phi) is 6.44. The van der Waals surface area contributed by atoms with Crippen LogP contribution in [-0.2, 0) is 16.6 Å². The zero-order valence-corrected chi connectivity index (χ0v) is 16.9. The van der Waals surface area contributed by atoms with Gasteiger partial charge in [-0.25, -0.2) is 13.1 Å². The molecule has 5 nitrogen and oxygen atoms in total. The summed E-state index contributed by atoms with van der Waals surface area (Å²) in [6.07, 6.45) is 0. The largest absolute Gasteiger partial charge is 0.337 e. The van der Waals surface area contributed by atoms with Crippen molar-refractivity contribution < 1.29 is 13.2 Å². The van der Waals surface area contributed by atoms with Crippen LogP contribution < -0.4 is 4.72 Å². The fourth-order valence-electron chi connectivity index (χ4n) is 2.54. The first-order chi connectivity index (χ1) is 12.1. The van der Waals surface area contributed by atoms with Crippen molar-refractivity contribution in [3.05, 3.63) is 64.2 Å². The minimum absolute atomic E-state index is 0.0753. The van der Waals surface area contributed by atoms with Crippen molar-refractivity contribution in [1.82, 2.24) is 9.62 Å². The lowest BCUT2D eigenvalue weighted by Crippen LogP contribution is -2.31. The van der Waals surface area contributed by atoms with Gasteiger partial charge >= 0.3 is 0 Å². The maximum atomic E-state index is 12.9. The molecule has 1 amide bonds. The molecule has 0 unspecified atom stereocenters. The third-order valence-corrected chi connectivity index (χ3v) is 5.88. The van der Waals surface area contributed by atoms with E-state index in [1.807, 2.05) is 18.2 Å². The summed E-state index contributed by atoms with van der Waals surface area (Å²) in [4.78, 5) is 14.4. The number of sulfonamides is 1. The molecule has 0 aliphatic heterocycles. The van der Waals surface area contributed by atoms with Crippen molar-refractivity contribution in [3.8, 4) is 0 Å². The van der Waals surface area contributed by atoms with Gasteiger partial charge in [0.05, 0.1) is 4.90 Å². The molecule has 0 aliphatic rings. The Labute approximate surface area is 160 Å². The highest BCUT2D eigenvalue weighted by atomic mass is 35.5. The van der Waals surface area contributed by atoms with Crippen LogP contribution in [0.15, 0.2) is 47.4 Å². The minimum Gasteiger partial charge on any atom is -0.337 e. The number of amides is 1. The van der Waals surface area contributed by atoms with Gasteiger partial charge in [-0.3, -0.25) is 4.79 Å². The summed E-state index contributed by atoms with van der Waals surface area (Å²) in [5.41, 5.74) is 1.89. The van der Waals surface area contributed by atoms with Crippen molar-refractivity contribution in [2.24, 2.45) is 0 Å². The van der Waals surface area contributed by atoms with E-state index in [1.54, 1.807) is 40.0 Å². The van der Waals surface area contributed by atoms with Crippen molar-refractivity contribution >= 4 is 27.5 Å². The normalized spacial score (nSPS) is 11.6. The molecule has 2 rings (SSSR count). The molecule has 0 atom stereocenters. The Morgan fingerprint density at radius 3 is 2.46 bits per heavy atom. The fraction of sp³-hybridized carbons (Fsp3) is 0.316. The van der Waals surface area contributed by atoms with E-state index < -0.39 is 10.0 Å². The molecule has 26 heavy (non-hydrogen) atoms. The molecule has 1 N–H and O–H groups in total. The third-order valence-electron chi connectivity index (χ3n) is 3.85. The average molecular weight is 395 g/mol. The first kappa shape index (κ1) is 20.4. The van der Waals surface area contributed by atoms with Gasteiger partial charge in [0.2, 0.25) is 10.0 Å². The second-order valence-electron chi connectivity index (χ2n) is 6.51. The lowest BCUT2D eigenvalue weighted by atomic mass is 10.1. The van der Waals surface area contributed by atoms with Gasteiger partial charge in [0, 0.05) is 30.2 Å². The zero-order chi connectivity index (χ0) is 19.5. The number of rotatable bonds is 6. The minimum atomic E-state index is -3.67. The fourth-order valence-corrected chi connectivity index (χ4v) is 4.01. The number of benzene rings is 2. The number of hydrogen-bond donors (Lipinski definition) is 1. The summed E-state index contributed by atoms with van der Waals surface area (Å²) in [7, 11) is -2.00. The SMILES string of the molecule is Cc1ccc(S(=O)(=O)NC(C)C)cc1C(=O)N(C)Cc1ccccc1Cl. The maximum Gasteiger partial charge on any atom is 0.254 e. The molecule has 0 radical (unpaired) electrons. The zero-order valence-electron chi connectivity index (χ0n) is 15.3. The smallest absolute Gasteiger partial charge is 0.254 e. The number of carbonyl (C=O) groups excluding carboxylic acids is 1. The van der Waals surface area contributed by atoms with E-state index in [1.165, 1.54) is 17.0 Å². The van der Waals surface area contributed by atoms with Crippen LogP contribution in [0.3, 0.4) is 0 Å². The lowest BCUT2D eigenvalue weighted by molar-refractivity contribution is 0.0784. The van der Waals surface area contributed by atoms with Crippen molar-refractivity contribution in [1.29, 1.82) is 0 Å². The quantitative estimate of drug-likeness (QED) is 0.813. The monoisotopic (exact) mass is 394 g/mol. The Bertz CT molecular complexity index is 911. The molecule has 0 saturated heterocycles. The molecule has 0 aromatic heterocycles. The van der Waals surface area contributed by atoms with Gasteiger partial charge in [-0.15, -0.1) is 0 Å². The average Bonchev–Trinajstić information content (AvgIpc) is 2.55. The van der Waals surface area contributed by atoms with Gasteiger partial charge in [0.25, 0.3) is 5.91 Å². The van der Waals surface area contributed by atoms with Crippen LogP contribution in [0.2, 0.25) is 5.02 Å². The second-order valence-corrected chi connectivity index (χ2v) is 8.63. The van der Waals surface area contributed by atoms with Gasteiger partial charge in [-0.05, 0) is 50.1 Å². The lowest BCUT2D eigenvalue weighted by Gasteiger charge is -2.20. The van der Waals surface area contributed by atoms with E-state index in [4.69, 9.17) is 11.6 Å². The molecule has 0 spiro atoms. The molecular formula is C19H23ClN2O3S. The van der Waals surface area contributed by atoms with Crippen LogP contribution in [0.1, 0.15) is 35.3 Å². The van der Waals surface area contributed by atoms with Crippen LogP contribution >= 0.6 is 11.6 Å². The second kappa shape index (κ2) is 8.20. The van der Waals surface area contributed by atoms with E-state index >= 15 is 0 Å². The molecule has 0 fully saturated rings. The first-order valence-electron chi connectivity index (χ1n) is 8.23. The summed E-state index contributed by atoms with van der Waals surface area (Å²) in [6.45, 7) is 5.60. The van der Waals surface area contributed by atoms with E-state index in [-0.39, 0.29) is 16.8 Å². The van der Waals surface area contributed by atoms with Gasteiger partial charge < -0.3 is 4.90 Å². The van der Waals surface area contributed by atoms with Gasteiger partial charge in [-0.1, -0.05) is 35.9 Å². The highest BCUT2D eigenvalue weighted by Crippen LogP contribution is 2.20. The van der Waals surface area contributed by atoms with Crippen molar-refractivity contribution in [3.63, 3.8) is 0 Å². The van der Waals surface area contributed by atoms with Crippen molar-refractivity contribution in [2.45, 2.75) is 38.3 Å². The molecule has 0 heterocycles. The van der Waals surface area contributed by atoms with Crippen LogP contribution in [0, 0.1) is 6.92 Å². The highest BCUT2D eigenvalue weighted by Gasteiger charge is 2.21. The number of hydrogen-bond acceptors (Lipinski definition) is 3. The Hall–Kier alpha value is -1.89. The highest BCUT2D eigenvalue weighted by molar-refractivity contribution is 7.89. The molecule has 2 aromatic carbocycles. The molecule has 7 heteroatoms. The van der Waals surface area contributed by atoms with Crippen molar-refractivity contribution in [2.75, 3.05) is 7.05 Å². The predicted molar refractivity (Wildman–Crippen MR) is 104 cm³/mol. The summed E-state index contributed by atoms with van der Waals surface area (Å²) in [5, 5.41) is 0.585. The molecule has 0 saturated carbocycles. The predicted octanol–water partition coefficient (Wildman–Crippen LogP) is 3.61.